The van der Waals surface area contributed by atoms with Crippen molar-refractivity contribution in [2.24, 2.45) is 0 Å². The zero-order valence-corrected chi connectivity index (χ0v) is 14.8. The number of nitrogens with zero attached hydrogens (tertiary/aromatic N) is 2. The van der Waals surface area contributed by atoms with Gasteiger partial charge in [0.15, 0.2) is 5.13 Å². The Morgan fingerprint density at radius 1 is 1.08 bits per heavy atom. The number of ether oxygens (including phenoxy) is 1. The Bertz CT molecular complexity index is 1080. The Morgan fingerprint density at radius 3 is 2.54 bits per heavy atom. The van der Waals surface area contributed by atoms with Gasteiger partial charge in [0.1, 0.15) is 5.75 Å². The van der Waals surface area contributed by atoms with Gasteiger partial charge in [-0.1, -0.05) is 24.3 Å². The van der Waals surface area contributed by atoms with Gasteiger partial charge in [0.2, 0.25) is 0 Å². The third-order valence-corrected chi connectivity index (χ3v) is 4.77. The molecule has 4 aromatic rings. The van der Waals surface area contributed by atoms with Crippen LogP contribution in [0, 0.1) is 0 Å². The maximum Gasteiger partial charge on any atom is 0.261 e. The van der Waals surface area contributed by atoms with Gasteiger partial charge >= 0.3 is 0 Å². The highest BCUT2D eigenvalue weighted by atomic mass is 32.1. The molecule has 0 saturated heterocycles. The molecule has 128 valence electrons. The average molecular weight is 361 g/mol. The number of hydrogen-bond donors (Lipinski definition) is 1. The largest absolute Gasteiger partial charge is 0.496 e. The van der Waals surface area contributed by atoms with Gasteiger partial charge in [0.25, 0.3) is 5.91 Å². The Labute approximate surface area is 154 Å². The zero-order chi connectivity index (χ0) is 17.9. The number of carbonyl (C=O) groups excluding carboxylic acids is 1. The minimum Gasteiger partial charge on any atom is -0.496 e. The molecule has 2 heterocycles. The Kier molecular flexibility index (Phi) is 4.33. The van der Waals surface area contributed by atoms with Crippen molar-refractivity contribution in [2.75, 3.05) is 12.4 Å². The van der Waals surface area contributed by atoms with Crippen LogP contribution >= 0.6 is 11.3 Å². The summed E-state index contributed by atoms with van der Waals surface area (Å²) in [4.78, 5) is 21.2. The van der Waals surface area contributed by atoms with Crippen molar-refractivity contribution >= 4 is 33.1 Å². The summed E-state index contributed by atoms with van der Waals surface area (Å²) in [5.74, 6) is 0.287. The molecule has 0 aliphatic rings. The molecule has 1 N–H and O–H groups in total. The van der Waals surface area contributed by atoms with E-state index >= 15 is 0 Å². The molecule has 2 aromatic heterocycles. The number of benzene rings is 2. The summed E-state index contributed by atoms with van der Waals surface area (Å²) in [6.07, 6.45) is 3.43. The first-order chi connectivity index (χ1) is 12.7. The van der Waals surface area contributed by atoms with Crippen molar-refractivity contribution in [3.63, 3.8) is 0 Å². The van der Waals surface area contributed by atoms with Crippen LogP contribution in [0.5, 0.6) is 5.75 Å². The van der Waals surface area contributed by atoms with Gasteiger partial charge in [-0.3, -0.25) is 15.1 Å². The maximum absolute atomic E-state index is 12.7. The van der Waals surface area contributed by atoms with Gasteiger partial charge in [-0.2, -0.15) is 0 Å². The number of amides is 1. The number of rotatable bonds is 4. The van der Waals surface area contributed by atoms with Gasteiger partial charge in [0.05, 0.1) is 18.4 Å². The zero-order valence-electron chi connectivity index (χ0n) is 14.0. The predicted molar refractivity (Wildman–Crippen MR) is 104 cm³/mol. The molecule has 0 radical (unpaired) electrons. The molecule has 0 aliphatic heterocycles. The number of thiazole rings is 1. The smallest absolute Gasteiger partial charge is 0.261 e. The molecule has 5 nitrogen and oxygen atoms in total. The van der Waals surface area contributed by atoms with Crippen LogP contribution in [0.25, 0.3) is 22.0 Å². The average Bonchev–Trinajstić information content (AvgIpc) is 3.16. The number of aromatic nitrogens is 2. The second-order valence-corrected chi connectivity index (χ2v) is 6.49. The summed E-state index contributed by atoms with van der Waals surface area (Å²) in [7, 11) is 1.56. The van der Waals surface area contributed by atoms with Gasteiger partial charge < -0.3 is 4.74 Å². The lowest BCUT2D eigenvalue weighted by Crippen LogP contribution is -2.13. The number of anilines is 1. The summed E-state index contributed by atoms with van der Waals surface area (Å²) < 4.78 is 5.40. The summed E-state index contributed by atoms with van der Waals surface area (Å²) in [5, 5.41) is 7.31. The molecule has 26 heavy (non-hydrogen) atoms. The summed E-state index contributed by atoms with van der Waals surface area (Å²) in [5.41, 5.74) is 2.24. The van der Waals surface area contributed by atoms with E-state index in [1.165, 1.54) is 11.3 Å². The first-order valence-corrected chi connectivity index (χ1v) is 8.86. The van der Waals surface area contributed by atoms with Crippen LogP contribution in [-0.4, -0.2) is 23.0 Å². The normalized spacial score (nSPS) is 10.7. The fraction of sp³-hybridized carbons (Fsp3) is 0.0500. The van der Waals surface area contributed by atoms with Crippen LogP contribution in [-0.2, 0) is 0 Å². The monoisotopic (exact) mass is 361 g/mol. The number of nitrogens with one attached hydrogen (secondary N) is 1. The van der Waals surface area contributed by atoms with Crippen LogP contribution < -0.4 is 10.1 Å². The van der Waals surface area contributed by atoms with Crippen molar-refractivity contribution in [3.8, 4) is 17.0 Å². The van der Waals surface area contributed by atoms with E-state index < -0.39 is 0 Å². The van der Waals surface area contributed by atoms with Gasteiger partial charge in [-0.15, -0.1) is 11.3 Å². The Morgan fingerprint density at radius 2 is 1.81 bits per heavy atom. The van der Waals surface area contributed by atoms with Crippen LogP contribution in [0.4, 0.5) is 5.13 Å². The summed E-state index contributed by atoms with van der Waals surface area (Å²) >= 11 is 1.38. The summed E-state index contributed by atoms with van der Waals surface area (Å²) in [6, 6.07) is 15.3. The second-order valence-electron chi connectivity index (χ2n) is 5.63. The molecule has 0 fully saturated rings. The van der Waals surface area contributed by atoms with Crippen molar-refractivity contribution < 1.29 is 9.53 Å². The third-order valence-electron chi connectivity index (χ3n) is 4.01. The molecule has 4 rings (SSSR count). The molecule has 2 aromatic carbocycles. The molecule has 0 aliphatic carbocycles. The highest BCUT2D eigenvalue weighted by molar-refractivity contribution is 7.14. The van der Waals surface area contributed by atoms with Gasteiger partial charge in [0, 0.05) is 23.3 Å². The first kappa shape index (κ1) is 16.2. The second kappa shape index (κ2) is 6.93. The molecule has 0 bridgehead atoms. The molecule has 0 atom stereocenters. The first-order valence-electron chi connectivity index (χ1n) is 7.98. The van der Waals surface area contributed by atoms with E-state index in [2.05, 4.69) is 15.3 Å². The maximum atomic E-state index is 12.7. The van der Waals surface area contributed by atoms with E-state index in [0.717, 1.165) is 22.0 Å². The standard InChI is InChI=1S/C20H15N3O2S/c1-25-18-11-15-5-3-2-4-14(15)10-16(18)19(24)23-20-22-17(12-26-20)13-6-8-21-9-7-13/h2-12H,1H3,(H,22,23,24). The molecule has 0 spiro atoms. The van der Waals surface area contributed by atoms with Crippen molar-refractivity contribution in [2.45, 2.75) is 0 Å². The van der Waals surface area contributed by atoms with Crippen LogP contribution in [0.1, 0.15) is 10.4 Å². The Balaban J connectivity index is 1.62. The van der Waals surface area contributed by atoms with Gasteiger partial charge in [-0.25, -0.2) is 4.98 Å². The van der Waals surface area contributed by atoms with E-state index in [9.17, 15) is 4.79 Å². The molecular formula is C20H15N3O2S. The lowest BCUT2D eigenvalue weighted by Gasteiger charge is -2.10. The lowest BCUT2D eigenvalue weighted by atomic mass is 10.1. The minimum atomic E-state index is -0.247. The number of pyridine rings is 1. The fourth-order valence-corrected chi connectivity index (χ4v) is 3.43. The number of carbonyl (C=O) groups is 1. The van der Waals surface area contributed by atoms with E-state index in [0.29, 0.717) is 16.4 Å². The quantitative estimate of drug-likeness (QED) is 0.576. The van der Waals surface area contributed by atoms with E-state index in [1.54, 1.807) is 19.5 Å². The molecule has 6 heteroatoms. The van der Waals surface area contributed by atoms with Gasteiger partial charge in [-0.05, 0) is 35.0 Å². The molecule has 0 unspecified atom stereocenters. The highest BCUT2D eigenvalue weighted by Gasteiger charge is 2.15. The van der Waals surface area contributed by atoms with Crippen molar-refractivity contribution in [1.29, 1.82) is 0 Å². The highest BCUT2D eigenvalue weighted by Crippen LogP contribution is 2.28. The van der Waals surface area contributed by atoms with E-state index in [-0.39, 0.29) is 5.91 Å². The Hall–Kier alpha value is -3.25. The third kappa shape index (κ3) is 3.14. The van der Waals surface area contributed by atoms with Crippen molar-refractivity contribution in [1.82, 2.24) is 9.97 Å². The van der Waals surface area contributed by atoms with Crippen LogP contribution in [0.2, 0.25) is 0 Å². The SMILES string of the molecule is COc1cc2ccccc2cc1C(=O)Nc1nc(-c2ccncc2)cs1. The fourth-order valence-electron chi connectivity index (χ4n) is 2.72. The molecule has 1 amide bonds. The topological polar surface area (TPSA) is 64.1 Å². The summed E-state index contributed by atoms with van der Waals surface area (Å²) in [6.45, 7) is 0. The molecular weight excluding hydrogens is 346 g/mol. The van der Waals surface area contributed by atoms with E-state index in [4.69, 9.17) is 4.74 Å². The van der Waals surface area contributed by atoms with Crippen molar-refractivity contribution in [3.05, 3.63) is 71.9 Å². The van der Waals surface area contributed by atoms with E-state index in [1.807, 2.05) is 53.9 Å². The minimum absolute atomic E-state index is 0.247. The number of methoxy groups -OCH3 is 1. The molecule has 0 saturated carbocycles. The van der Waals surface area contributed by atoms with Crippen LogP contribution in [0.3, 0.4) is 0 Å². The number of fused-ring (bicyclic) bond motifs is 1. The lowest BCUT2D eigenvalue weighted by molar-refractivity contribution is 0.102. The van der Waals surface area contributed by atoms with Crippen LogP contribution in [0.15, 0.2) is 66.3 Å². The number of hydrogen-bond acceptors (Lipinski definition) is 5. The predicted octanol–water partition coefficient (Wildman–Crippen LogP) is 4.62.